The summed E-state index contributed by atoms with van der Waals surface area (Å²) in [6, 6.07) is 23.0. The minimum atomic E-state index is 0.522. The lowest BCUT2D eigenvalue weighted by molar-refractivity contribution is 0.867. The molecule has 25 heavy (non-hydrogen) atoms. The first-order valence-corrected chi connectivity index (χ1v) is 9.60. The molecule has 0 atom stereocenters. The number of benzene rings is 3. The number of hydrogen-bond donors (Lipinski definition) is 0. The summed E-state index contributed by atoms with van der Waals surface area (Å²) in [5.41, 5.74) is 2.67. The molecule has 0 aliphatic heterocycles. The molecule has 0 nitrogen and oxygen atoms in total. The van der Waals surface area contributed by atoms with Crippen LogP contribution in [-0.2, 0) is 0 Å². The van der Waals surface area contributed by atoms with Crippen LogP contribution in [-0.4, -0.2) is 0 Å². The zero-order valence-corrected chi connectivity index (χ0v) is 17.1. The summed E-state index contributed by atoms with van der Waals surface area (Å²) in [6.45, 7) is 12.8. The van der Waals surface area contributed by atoms with E-state index in [0.717, 1.165) is 5.02 Å². The molecule has 1 heteroatoms. The van der Waals surface area contributed by atoms with Crippen LogP contribution in [0.4, 0.5) is 0 Å². The summed E-state index contributed by atoms with van der Waals surface area (Å²) in [6.07, 6.45) is 0. The van der Waals surface area contributed by atoms with Crippen molar-refractivity contribution in [1.82, 2.24) is 0 Å². The molecule has 0 spiro atoms. The van der Waals surface area contributed by atoms with Crippen LogP contribution in [0.25, 0.3) is 10.8 Å². The number of rotatable bonds is 2. The van der Waals surface area contributed by atoms with Crippen molar-refractivity contribution >= 4 is 22.4 Å². The molecule has 3 rings (SSSR count). The molecule has 0 unspecified atom stereocenters. The Balaban J connectivity index is 0.000000235. The highest BCUT2D eigenvalue weighted by molar-refractivity contribution is 6.31. The lowest BCUT2D eigenvalue weighted by atomic mass is 9.96. The van der Waals surface area contributed by atoms with Crippen molar-refractivity contribution in [2.45, 2.75) is 53.4 Å². The molecule has 134 valence electrons. The van der Waals surface area contributed by atoms with E-state index in [0.29, 0.717) is 11.8 Å². The molecule has 0 saturated carbocycles. The summed E-state index contributed by atoms with van der Waals surface area (Å²) in [5, 5.41) is 3.60. The molecule has 0 aromatic heterocycles. The van der Waals surface area contributed by atoms with E-state index >= 15 is 0 Å². The monoisotopic (exact) mass is 354 g/mol. The average molecular weight is 355 g/mol. The normalized spacial score (nSPS) is 10.1. The van der Waals surface area contributed by atoms with Crippen molar-refractivity contribution in [2.75, 3.05) is 0 Å². The molecule has 0 fully saturated rings. The fraction of sp³-hybridized carbons (Fsp3) is 0.333. The number of fused-ring (bicyclic) bond motifs is 1. The predicted octanol–water partition coefficient (Wildman–Crippen LogP) is 8.45. The smallest absolute Gasteiger partial charge is 0.0440 e. The highest BCUT2D eigenvalue weighted by atomic mass is 35.5. The van der Waals surface area contributed by atoms with Crippen LogP contribution in [0.15, 0.2) is 66.7 Å². The summed E-state index contributed by atoms with van der Waals surface area (Å²) < 4.78 is 0. The van der Waals surface area contributed by atoms with Gasteiger partial charge in [-0.15, -0.1) is 0 Å². The highest BCUT2D eigenvalue weighted by Crippen LogP contribution is 2.24. The third-order valence-electron chi connectivity index (χ3n) is 3.97. The molecule has 3 aromatic rings. The van der Waals surface area contributed by atoms with Gasteiger partial charge in [0.05, 0.1) is 0 Å². The van der Waals surface area contributed by atoms with Gasteiger partial charge < -0.3 is 0 Å². The molecule has 0 saturated heterocycles. The summed E-state index contributed by atoms with van der Waals surface area (Å²) in [5.74, 6) is 1.12. The molecule has 3 aromatic carbocycles. The molecular formula is C24H31Cl. The van der Waals surface area contributed by atoms with Gasteiger partial charge in [0.15, 0.2) is 0 Å². The van der Waals surface area contributed by atoms with E-state index in [9.17, 15) is 0 Å². The van der Waals surface area contributed by atoms with Gasteiger partial charge in [-0.05, 0) is 39.8 Å². The van der Waals surface area contributed by atoms with Gasteiger partial charge in [-0.2, -0.15) is 0 Å². The van der Waals surface area contributed by atoms with E-state index in [1.165, 1.54) is 21.9 Å². The quantitative estimate of drug-likeness (QED) is 0.433. The van der Waals surface area contributed by atoms with Crippen LogP contribution in [0.5, 0.6) is 0 Å². The standard InChI is InChI=1S/C13H14.C9H11Cl.C2H6/c1-10(2)12-9-5-7-11-6-3-4-8-13(11)12;1-7(2)8-5-3-4-6-9(8)10;1-2/h3-10H,1-2H3;3-7H,1-2H3;1-2H3. The Morgan fingerprint density at radius 1 is 0.600 bits per heavy atom. The van der Waals surface area contributed by atoms with Crippen molar-refractivity contribution in [3.63, 3.8) is 0 Å². The third kappa shape index (κ3) is 6.21. The van der Waals surface area contributed by atoms with Crippen LogP contribution in [0.3, 0.4) is 0 Å². The van der Waals surface area contributed by atoms with Gasteiger partial charge in [-0.1, -0.05) is 114 Å². The fourth-order valence-electron chi connectivity index (χ4n) is 2.70. The van der Waals surface area contributed by atoms with Crippen LogP contribution < -0.4 is 0 Å². The van der Waals surface area contributed by atoms with Crippen LogP contribution >= 0.6 is 11.6 Å². The molecule has 0 radical (unpaired) electrons. The lowest BCUT2D eigenvalue weighted by Gasteiger charge is -2.08. The molecule has 0 amide bonds. The maximum atomic E-state index is 5.92. The van der Waals surface area contributed by atoms with Crippen LogP contribution in [0.2, 0.25) is 5.02 Å². The highest BCUT2D eigenvalue weighted by Gasteiger charge is 2.03. The van der Waals surface area contributed by atoms with Gasteiger partial charge in [-0.3, -0.25) is 0 Å². The topological polar surface area (TPSA) is 0 Å². The Hall–Kier alpha value is -1.79. The van der Waals surface area contributed by atoms with E-state index in [4.69, 9.17) is 11.6 Å². The van der Waals surface area contributed by atoms with Gasteiger partial charge in [0.2, 0.25) is 0 Å². The molecule has 0 heterocycles. The Morgan fingerprint density at radius 3 is 1.64 bits per heavy atom. The van der Waals surface area contributed by atoms with Gasteiger partial charge in [0, 0.05) is 5.02 Å². The van der Waals surface area contributed by atoms with Crippen molar-refractivity contribution in [1.29, 1.82) is 0 Å². The van der Waals surface area contributed by atoms with Crippen molar-refractivity contribution in [3.05, 3.63) is 82.9 Å². The second-order valence-corrected chi connectivity index (χ2v) is 6.81. The molecule has 0 aliphatic carbocycles. The molecule has 0 aliphatic rings. The third-order valence-corrected chi connectivity index (χ3v) is 4.32. The Labute approximate surface area is 158 Å². The predicted molar refractivity (Wildman–Crippen MR) is 115 cm³/mol. The largest absolute Gasteiger partial charge is 0.0840 e. The second kappa shape index (κ2) is 10.9. The Morgan fingerprint density at radius 2 is 1.08 bits per heavy atom. The van der Waals surface area contributed by atoms with E-state index in [-0.39, 0.29) is 0 Å². The first-order chi connectivity index (χ1) is 12.0. The van der Waals surface area contributed by atoms with E-state index < -0.39 is 0 Å². The second-order valence-electron chi connectivity index (χ2n) is 6.40. The molecule has 0 N–H and O–H groups in total. The van der Waals surface area contributed by atoms with E-state index in [1.807, 2.05) is 32.0 Å². The minimum absolute atomic E-state index is 0.522. The average Bonchev–Trinajstić information content (AvgIpc) is 2.63. The van der Waals surface area contributed by atoms with Crippen LogP contribution in [0, 0.1) is 0 Å². The number of halogens is 1. The molecular weight excluding hydrogens is 324 g/mol. The minimum Gasteiger partial charge on any atom is -0.0840 e. The van der Waals surface area contributed by atoms with E-state index in [1.54, 1.807) is 0 Å². The van der Waals surface area contributed by atoms with Gasteiger partial charge >= 0.3 is 0 Å². The van der Waals surface area contributed by atoms with Gasteiger partial charge in [-0.25, -0.2) is 0 Å². The first-order valence-electron chi connectivity index (χ1n) is 9.22. The van der Waals surface area contributed by atoms with E-state index in [2.05, 4.69) is 76.2 Å². The summed E-state index contributed by atoms with van der Waals surface area (Å²) in [7, 11) is 0. The summed E-state index contributed by atoms with van der Waals surface area (Å²) in [4.78, 5) is 0. The first kappa shape index (κ1) is 21.3. The van der Waals surface area contributed by atoms with Gasteiger partial charge in [0.1, 0.15) is 0 Å². The maximum absolute atomic E-state index is 5.92. The van der Waals surface area contributed by atoms with Crippen molar-refractivity contribution < 1.29 is 0 Å². The SMILES string of the molecule is CC.CC(C)c1cccc2ccccc12.CC(C)c1ccccc1Cl. The Bertz CT molecular complexity index is 751. The summed E-state index contributed by atoms with van der Waals surface area (Å²) >= 11 is 5.92. The van der Waals surface area contributed by atoms with Crippen LogP contribution in [0.1, 0.15) is 64.5 Å². The Kier molecular flexibility index (Phi) is 9.31. The van der Waals surface area contributed by atoms with Gasteiger partial charge in [0.25, 0.3) is 0 Å². The maximum Gasteiger partial charge on any atom is 0.0440 e. The zero-order chi connectivity index (χ0) is 18.8. The fourth-order valence-corrected chi connectivity index (χ4v) is 3.05. The zero-order valence-electron chi connectivity index (χ0n) is 16.4. The van der Waals surface area contributed by atoms with Crippen molar-refractivity contribution in [2.24, 2.45) is 0 Å². The molecule has 0 bridgehead atoms. The van der Waals surface area contributed by atoms with Crippen molar-refractivity contribution in [3.8, 4) is 0 Å². The lowest BCUT2D eigenvalue weighted by Crippen LogP contribution is -1.88. The number of hydrogen-bond acceptors (Lipinski definition) is 0.